The largest absolute Gasteiger partial charge is 0.491 e. The first-order valence-corrected chi connectivity index (χ1v) is 6.95. The van der Waals surface area contributed by atoms with Gasteiger partial charge in [0.25, 0.3) is 0 Å². The molecule has 0 spiro atoms. The van der Waals surface area contributed by atoms with E-state index in [9.17, 15) is 4.79 Å². The summed E-state index contributed by atoms with van der Waals surface area (Å²) >= 11 is 1.71. The number of rotatable bonds is 7. The average molecular weight is 280 g/mol. The first-order chi connectivity index (χ1) is 9.25. The molecule has 0 radical (unpaired) electrons. The summed E-state index contributed by atoms with van der Waals surface area (Å²) in [6.07, 6.45) is 0. The van der Waals surface area contributed by atoms with Gasteiger partial charge in [-0.1, -0.05) is 0 Å². The fourth-order valence-corrected chi connectivity index (χ4v) is 2.37. The SMILES string of the molecule is CC(=O)OCCOCCOc1ccc2sccc2c1. The minimum absolute atomic E-state index is 0.288. The lowest BCUT2D eigenvalue weighted by molar-refractivity contribution is -0.142. The lowest BCUT2D eigenvalue weighted by Gasteiger charge is -2.07. The van der Waals surface area contributed by atoms with Crippen LogP contribution < -0.4 is 4.74 Å². The number of benzene rings is 1. The normalized spacial score (nSPS) is 10.6. The number of ether oxygens (including phenoxy) is 3. The number of hydrogen-bond donors (Lipinski definition) is 0. The van der Waals surface area contributed by atoms with E-state index in [0.717, 1.165) is 5.75 Å². The Bertz CT molecular complexity index is 535. The maximum atomic E-state index is 10.5. The first kappa shape index (κ1) is 13.8. The molecule has 0 aliphatic rings. The topological polar surface area (TPSA) is 44.8 Å². The molecule has 102 valence electrons. The third-order valence-electron chi connectivity index (χ3n) is 2.45. The number of carbonyl (C=O) groups is 1. The molecule has 0 aliphatic heterocycles. The van der Waals surface area contributed by atoms with Crippen molar-refractivity contribution in [1.82, 2.24) is 0 Å². The Morgan fingerprint density at radius 2 is 2.00 bits per heavy atom. The van der Waals surface area contributed by atoms with Gasteiger partial charge in [0.05, 0.1) is 13.2 Å². The Labute approximate surface area is 115 Å². The van der Waals surface area contributed by atoms with Gasteiger partial charge in [0.1, 0.15) is 19.0 Å². The molecule has 4 nitrogen and oxygen atoms in total. The van der Waals surface area contributed by atoms with E-state index in [0.29, 0.717) is 19.8 Å². The van der Waals surface area contributed by atoms with Crippen LogP contribution in [0.5, 0.6) is 5.75 Å². The van der Waals surface area contributed by atoms with Gasteiger partial charge < -0.3 is 14.2 Å². The third kappa shape index (κ3) is 4.54. The van der Waals surface area contributed by atoms with E-state index in [-0.39, 0.29) is 12.6 Å². The molecule has 2 aromatic rings. The molecule has 0 amide bonds. The van der Waals surface area contributed by atoms with Crippen LogP contribution in [0.4, 0.5) is 0 Å². The van der Waals surface area contributed by atoms with Crippen LogP contribution in [-0.2, 0) is 14.3 Å². The molecule has 0 bridgehead atoms. The highest BCUT2D eigenvalue weighted by atomic mass is 32.1. The quantitative estimate of drug-likeness (QED) is 0.578. The summed E-state index contributed by atoms with van der Waals surface area (Å²) in [5.74, 6) is 0.554. The van der Waals surface area contributed by atoms with Crippen molar-refractivity contribution in [3.05, 3.63) is 29.6 Å². The molecule has 1 heterocycles. The van der Waals surface area contributed by atoms with E-state index in [4.69, 9.17) is 14.2 Å². The molecule has 19 heavy (non-hydrogen) atoms. The van der Waals surface area contributed by atoms with Crippen molar-refractivity contribution in [2.24, 2.45) is 0 Å². The van der Waals surface area contributed by atoms with Crippen molar-refractivity contribution < 1.29 is 19.0 Å². The van der Waals surface area contributed by atoms with Gasteiger partial charge in [-0.05, 0) is 35.0 Å². The van der Waals surface area contributed by atoms with E-state index in [1.807, 2.05) is 12.1 Å². The molecule has 1 aromatic heterocycles. The molecule has 2 rings (SSSR count). The standard InChI is InChI=1S/C14H16O4S/c1-11(15)17-7-5-16-6-8-18-13-2-3-14-12(10-13)4-9-19-14/h2-4,9-10H,5-8H2,1H3. The molecule has 0 N–H and O–H groups in total. The number of fused-ring (bicyclic) bond motifs is 1. The van der Waals surface area contributed by atoms with Crippen LogP contribution in [0.2, 0.25) is 0 Å². The maximum absolute atomic E-state index is 10.5. The van der Waals surface area contributed by atoms with Crippen molar-refractivity contribution in [3.63, 3.8) is 0 Å². The van der Waals surface area contributed by atoms with Crippen LogP contribution in [0.3, 0.4) is 0 Å². The highest BCUT2D eigenvalue weighted by molar-refractivity contribution is 7.17. The van der Waals surface area contributed by atoms with E-state index in [2.05, 4.69) is 17.5 Å². The molecular formula is C14H16O4S. The summed E-state index contributed by atoms with van der Waals surface area (Å²) in [6.45, 7) is 3.02. The molecule has 0 atom stereocenters. The van der Waals surface area contributed by atoms with Crippen molar-refractivity contribution >= 4 is 27.4 Å². The Morgan fingerprint density at radius 3 is 2.84 bits per heavy atom. The monoisotopic (exact) mass is 280 g/mol. The Kier molecular flexibility index (Phi) is 5.18. The number of esters is 1. The fraction of sp³-hybridized carbons (Fsp3) is 0.357. The van der Waals surface area contributed by atoms with Crippen LogP contribution in [0.1, 0.15) is 6.92 Å². The predicted octanol–water partition coefficient (Wildman–Crippen LogP) is 2.86. The molecule has 5 heteroatoms. The molecule has 0 aliphatic carbocycles. The highest BCUT2D eigenvalue weighted by Crippen LogP contribution is 2.25. The van der Waals surface area contributed by atoms with Gasteiger partial charge in [-0.3, -0.25) is 4.79 Å². The van der Waals surface area contributed by atoms with Gasteiger partial charge >= 0.3 is 5.97 Å². The van der Waals surface area contributed by atoms with E-state index < -0.39 is 0 Å². The molecule has 0 fully saturated rings. The van der Waals surface area contributed by atoms with Crippen molar-refractivity contribution in [2.75, 3.05) is 26.4 Å². The van der Waals surface area contributed by atoms with Gasteiger partial charge in [0.15, 0.2) is 0 Å². The summed E-state index contributed by atoms with van der Waals surface area (Å²) in [5, 5.41) is 3.25. The summed E-state index contributed by atoms with van der Waals surface area (Å²) in [6, 6.07) is 8.10. The molecule has 0 unspecified atom stereocenters. The van der Waals surface area contributed by atoms with Gasteiger partial charge in [0, 0.05) is 11.6 Å². The Morgan fingerprint density at radius 1 is 1.16 bits per heavy atom. The summed E-state index contributed by atoms with van der Waals surface area (Å²) < 4.78 is 16.9. The van der Waals surface area contributed by atoms with E-state index >= 15 is 0 Å². The van der Waals surface area contributed by atoms with Crippen LogP contribution in [0, 0.1) is 0 Å². The van der Waals surface area contributed by atoms with Crippen molar-refractivity contribution in [3.8, 4) is 5.75 Å². The Hall–Kier alpha value is -1.59. The molecular weight excluding hydrogens is 264 g/mol. The van der Waals surface area contributed by atoms with Gasteiger partial charge in [-0.25, -0.2) is 0 Å². The number of thiophene rings is 1. The molecule has 0 saturated heterocycles. The fourth-order valence-electron chi connectivity index (χ4n) is 1.60. The van der Waals surface area contributed by atoms with Crippen LogP contribution in [-0.4, -0.2) is 32.4 Å². The zero-order valence-electron chi connectivity index (χ0n) is 10.8. The second kappa shape index (κ2) is 7.11. The molecule has 1 aromatic carbocycles. The van der Waals surface area contributed by atoms with Gasteiger partial charge in [-0.15, -0.1) is 11.3 Å². The van der Waals surface area contributed by atoms with Crippen LogP contribution in [0.25, 0.3) is 10.1 Å². The number of carbonyl (C=O) groups excluding carboxylic acids is 1. The van der Waals surface area contributed by atoms with Gasteiger partial charge in [0.2, 0.25) is 0 Å². The Balaban J connectivity index is 1.64. The minimum Gasteiger partial charge on any atom is -0.491 e. The smallest absolute Gasteiger partial charge is 0.302 e. The summed E-state index contributed by atoms with van der Waals surface area (Å²) in [5.41, 5.74) is 0. The second-order valence-corrected chi connectivity index (χ2v) is 4.87. The zero-order chi connectivity index (χ0) is 13.5. The minimum atomic E-state index is -0.288. The maximum Gasteiger partial charge on any atom is 0.302 e. The van der Waals surface area contributed by atoms with Crippen LogP contribution in [0.15, 0.2) is 29.6 Å². The third-order valence-corrected chi connectivity index (χ3v) is 3.35. The first-order valence-electron chi connectivity index (χ1n) is 6.07. The lowest BCUT2D eigenvalue weighted by Crippen LogP contribution is -2.12. The highest BCUT2D eigenvalue weighted by Gasteiger charge is 1.99. The predicted molar refractivity (Wildman–Crippen MR) is 74.8 cm³/mol. The van der Waals surface area contributed by atoms with Crippen molar-refractivity contribution in [1.29, 1.82) is 0 Å². The van der Waals surface area contributed by atoms with E-state index in [1.54, 1.807) is 11.3 Å². The lowest BCUT2D eigenvalue weighted by atomic mass is 10.2. The molecule has 0 saturated carbocycles. The second-order valence-electron chi connectivity index (χ2n) is 3.92. The van der Waals surface area contributed by atoms with Crippen molar-refractivity contribution in [2.45, 2.75) is 6.92 Å². The van der Waals surface area contributed by atoms with E-state index in [1.165, 1.54) is 17.0 Å². The summed E-state index contributed by atoms with van der Waals surface area (Å²) in [4.78, 5) is 10.5. The van der Waals surface area contributed by atoms with Crippen LogP contribution >= 0.6 is 11.3 Å². The van der Waals surface area contributed by atoms with Gasteiger partial charge in [-0.2, -0.15) is 0 Å². The average Bonchev–Trinajstić information content (AvgIpc) is 2.84. The zero-order valence-corrected chi connectivity index (χ0v) is 11.6. The summed E-state index contributed by atoms with van der Waals surface area (Å²) in [7, 11) is 0. The number of hydrogen-bond acceptors (Lipinski definition) is 5.